The molecule has 30 heavy (non-hydrogen) atoms. The topological polar surface area (TPSA) is 25.8 Å². The van der Waals surface area contributed by atoms with Gasteiger partial charge in [-0.25, -0.2) is 4.98 Å². The minimum Gasteiger partial charge on any atom is -0.254 e. The van der Waals surface area contributed by atoms with Gasteiger partial charge in [-0.3, -0.25) is 4.98 Å². The summed E-state index contributed by atoms with van der Waals surface area (Å²) in [4.78, 5) is 9.64. The Hall–Kier alpha value is -4.04. The number of hydrogen-bond donors (Lipinski definition) is 0. The Kier molecular flexibility index (Phi) is 3.03. The Morgan fingerprint density at radius 2 is 1.03 bits per heavy atom. The average molecular weight is 380 g/mol. The molecular formula is C28H16N2. The predicted molar refractivity (Wildman–Crippen MR) is 126 cm³/mol. The van der Waals surface area contributed by atoms with E-state index in [2.05, 4.69) is 89.9 Å². The monoisotopic (exact) mass is 380 g/mol. The van der Waals surface area contributed by atoms with Crippen molar-refractivity contribution in [1.29, 1.82) is 0 Å². The second-order valence-corrected chi connectivity index (χ2v) is 7.92. The highest BCUT2D eigenvalue weighted by atomic mass is 14.7. The van der Waals surface area contributed by atoms with E-state index in [4.69, 9.17) is 4.98 Å². The molecule has 0 saturated heterocycles. The largest absolute Gasteiger partial charge is 0.254 e. The van der Waals surface area contributed by atoms with Gasteiger partial charge >= 0.3 is 0 Å². The zero-order chi connectivity index (χ0) is 19.7. The third kappa shape index (κ3) is 2.13. The van der Waals surface area contributed by atoms with Gasteiger partial charge in [0.15, 0.2) is 0 Å². The molecule has 0 amide bonds. The van der Waals surface area contributed by atoms with Gasteiger partial charge in [0.25, 0.3) is 0 Å². The first kappa shape index (κ1) is 15.8. The Balaban J connectivity index is 1.54. The van der Waals surface area contributed by atoms with Gasteiger partial charge in [0.1, 0.15) is 0 Å². The normalized spacial score (nSPS) is 12.0. The van der Waals surface area contributed by atoms with Crippen molar-refractivity contribution < 1.29 is 0 Å². The molecule has 2 nitrogen and oxygen atoms in total. The molecule has 7 aromatic rings. The second kappa shape index (κ2) is 5.74. The summed E-state index contributed by atoms with van der Waals surface area (Å²) in [5.41, 5.74) is 4.02. The fourth-order valence-corrected chi connectivity index (χ4v) is 4.79. The van der Waals surface area contributed by atoms with Crippen LogP contribution in [0.2, 0.25) is 0 Å². The maximum Gasteiger partial charge on any atom is 0.0972 e. The Morgan fingerprint density at radius 1 is 0.467 bits per heavy atom. The van der Waals surface area contributed by atoms with E-state index in [0.29, 0.717) is 0 Å². The van der Waals surface area contributed by atoms with Crippen LogP contribution < -0.4 is 0 Å². The van der Waals surface area contributed by atoms with Gasteiger partial charge in [0.2, 0.25) is 0 Å². The van der Waals surface area contributed by atoms with E-state index in [9.17, 15) is 0 Å². The molecule has 138 valence electrons. The second-order valence-electron chi connectivity index (χ2n) is 7.92. The van der Waals surface area contributed by atoms with E-state index in [-0.39, 0.29) is 0 Å². The van der Waals surface area contributed by atoms with Crippen LogP contribution in [0.15, 0.2) is 97.2 Å². The molecule has 0 fully saturated rings. The summed E-state index contributed by atoms with van der Waals surface area (Å²) in [6.45, 7) is 0. The zero-order valence-corrected chi connectivity index (χ0v) is 16.1. The van der Waals surface area contributed by atoms with Crippen LogP contribution in [0.4, 0.5) is 0 Å². The number of pyridine rings is 2. The fourth-order valence-electron chi connectivity index (χ4n) is 4.79. The minimum atomic E-state index is 0.953. The average Bonchev–Trinajstić information content (AvgIpc) is 2.82. The van der Waals surface area contributed by atoms with Crippen molar-refractivity contribution in [3.05, 3.63) is 97.2 Å². The van der Waals surface area contributed by atoms with Crippen LogP contribution in [0.5, 0.6) is 0 Å². The van der Waals surface area contributed by atoms with E-state index in [1.165, 1.54) is 32.3 Å². The molecule has 0 aliphatic heterocycles. The summed E-state index contributed by atoms with van der Waals surface area (Å²) < 4.78 is 0. The number of rotatable bonds is 1. The first-order valence-electron chi connectivity index (χ1n) is 10.2. The van der Waals surface area contributed by atoms with Gasteiger partial charge in [-0.15, -0.1) is 0 Å². The molecule has 0 unspecified atom stereocenters. The van der Waals surface area contributed by atoms with Gasteiger partial charge in [-0.2, -0.15) is 0 Å². The van der Waals surface area contributed by atoms with E-state index >= 15 is 0 Å². The molecule has 2 heteroatoms. The van der Waals surface area contributed by atoms with Crippen molar-refractivity contribution in [2.75, 3.05) is 0 Å². The standard InChI is InChI=1S/C28H16N2/c1-3-17-6-10-21-15-23(16-22-11-7-18(4-1)25(17)26(21)22)24-13-12-20-9-8-19-5-2-14-29-27(19)28(20)30-24/h1-16H. The Bertz CT molecular complexity index is 1680. The molecule has 2 aromatic heterocycles. The van der Waals surface area contributed by atoms with E-state index < -0.39 is 0 Å². The molecule has 7 rings (SSSR count). The number of aromatic nitrogens is 2. The highest BCUT2D eigenvalue weighted by molar-refractivity contribution is 6.23. The maximum absolute atomic E-state index is 5.05. The lowest BCUT2D eigenvalue weighted by atomic mass is 9.92. The smallest absolute Gasteiger partial charge is 0.0972 e. The summed E-state index contributed by atoms with van der Waals surface area (Å²) in [6, 6.07) is 32.5. The summed E-state index contributed by atoms with van der Waals surface area (Å²) >= 11 is 0. The van der Waals surface area contributed by atoms with Crippen molar-refractivity contribution in [2.24, 2.45) is 0 Å². The van der Waals surface area contributed by atoms with Gasteiger partial charge in [-0.1, -0.05) is 66.7 Å². The first-order valence-corrected chi connectivity index (χ1v) is 10.2. The zero-order valence-electron chi connectivity index (χ0n) is 16.1. The highest BCUT2D eigenvalue weighted by Crippen LogP contribution is 2.37. The van der Waals surface area contributed by atoms with Crippen LogP contribution in [0.25, 0.3) is 65.4 Å². The van der Waals surface area contributed by atoms with E-state index in [1.807, 2.05) is 12.3 Å². The molecule has 0 atom stereocenters. The summed E-state index contributed by atoms with van der Waals surface area (Å²) in [7, 11) is 0. The lowest BCUT2D eigenvalue weighted by molar-refractivity contribution is 1.37. The third-order valence-electron chi connectivity index (χ3n) is 6.19. The van der Waals surface area contributed by atoms with Crippen LogP contribution in [0, 0.1) is 0 Å². The molecule has 0 saturated carbocycles. The van der Waals surface area contributed by atoms with Gasteiger partial charge in [-0.05, 0) is 56.6 Å². The maximum atomic E-state index is 5.05. The quantitative estimate of drug-likeness (QED) is 0.278. The summed E-state index contributed by atoms with van der Waals surface area (Å²) in [5.74, 6) is 0. The number of fused-ring (bicyclic) bond motifs is 3. The van der Waals surface area contributed by atoms with Crippen LogP contribution in [0.1, 0.15) is 0 Å². The van der Waals surface area contributed by atoms with Gasteiger partial charge in [0, 0.05) is 22.5 Å². The number of benzene rings is 5. The first-order chi connectivity index (χ1) is 14.8. The van der Waals surface area contributed by atoms with Crippen molar-refractivity contribution in [3.63, 3.8) is 0 Å². The molecule has 0 radical (unpaired) electrons. The molecule has 0 N–H and O–H groups in total. The molecular weight excluding hydrogens is 364 g/mol. The molecule has 0 aliphatic rings. The van der Waals surface area contributed by atoms with Crippen LogP contribution in [-0.4, -0.2) is 9.97 Å². The van der Waals surface area contributed by atoms with Crippen molar-refractivity contribution in [3.8, 4) is 11.3 Å². The van der Waals surface area contributed by atoms with Crippen molar-refractivity contribution in [2.45, 2.75) is 0 Å². The molecule has 2 heterocycles. The Labute approximate surface area is 172 Å². The van der Waals surface area contributed by atoms with Crippen molar-refractivity contribution >= 4 is 54.1 Å². The number of hydrogen-bond acceptors (Lipinski definition) is 2. The lowest BCUT2D eigenvalue weighted by Crippen LogP contribution is -1.90. The highest BCUT2D eigenvalue weighted by Gasteiger charge is 2.11. The van der Waals surface area contributed by atoms with E-state index in [1.54, 1.807) is 0 Å². The third-order valence-corrected chi connectivity index (χ3v) is 6.19. The summed E-state index contributed by atoms with van der Waals surface area (Å²) in [5, 5.41) is 10.0. The summed E-state index contributed by atoms with van der Waals surface area (Å²) in [6.07, 6.45) is 1.84. The van der Waals surface area contributed by atoms with Crippen molar-refractivity contribution in [1.82, 2.24) is 9.97 Å². The predicted octanol–water partition coefficient (Wildman–Crippen LogP) is 7.35. The molecule has 5 aromatic carbocycles. The molecule has 0 aliphatic carbocycles. The lowest BCUT2D eigenvalue weighted by Gasteiger charge is -2.13. The van der Waals surface area contributed by atoms with Gasteiger partial charge in [0.05, 0.1) is 16.7 Å². The molecule has 0 spiro atoms. The van der Waals surface area contributed by atoms with Crippen LogP contribution in [0.3, 0.4) is 0 Å². The Morgan fingerprint density at radius 3 is 1.80 bits per heavy atom. The van der Waals surface area contributed by atoms with Crippen LogP contribution >= 0.6 is 0 Å². The minimum absolute atomic E-state index is 0.953. The van der Waals surface area contributed by atoms with E-state index in [0.717, 1.165) is 33.1 Å². The van der Waals surface area contributed by atoms with Crippen LogP contribution in [-0.2, 0) is 0 Å². The SMILES string of the molecule is c1cnc2c(c1)ccc1ccc(-c3cc4ccc5cccc6ccc(c3)c4c56)nc12. The fraction of sp³-hybridized carbons (Fsp3) is 0. The number of nitrogens with zero attached hydrogens (tertiary/aromatic N) is 2. The molecule has 0 bridgehead atoms. The van der Waals surface area contributed by atoms with Gasteiger partial charge < -0.3 is 0 Å².